The monoisotopic (exact) mass is 487 g/mol. The minimum Gasteiger partial charge on any atom is -0.508 e. The predicted molar refractivity (Wildman–Crippen MR) is 137 cm³/mol. The van der Waals surface area contributed by atoms with Gasteiger partial charge in [-0.3, -0.25) is 14.5 Å². The molecule has 0 aliphatic carbocycles. The Morgan fingerprint density at radius 2 is 1.61 bits per heavy atom. The molecule has 36 heavy (non-hydrogen) atoms. The number of aryl methyl sites for hydroxylation is 1. The molecule has 1 aliphatic heterocycles. The van der Waals surface area contributed by atoms with Crippen LogP contribution in [0.1, 0.15) is 49.1 Å². The van der Waals surface area contributed by atoms with Crippen molar-refractivity contribution in [1.82, 2.24) is 0 Å². The van der Waals surface area contributed by atoms with E-state index >= 15 is 0 Å². The van der Waals surface area contributed by atoms with Gasteiger partial charge in [0.05, 0.1) is 30.0 Å². The third kappa shape index (κ3) is 4.28. The van der Waals surface area contributed by atoms with Crippen molar-refractivity contribution in [3.8, 4) is 17.2 Å². The van der Waals surface area contributed by atoms with Gasteiger partial charge in [0.25, 0.3) is 11.7 Å². The van der Waals surface area contributed by atoms with Crippen LogP contribution in [0.15, 0.2) is 66.2 Å². The van der Waals surface area contributed by atoms with Gasteiger partial charge >= 0.3 is 0 Å². The molecule has 1 saturated heterocycles. The average Bonchev–Trinajstić information content (AvgIpc) is 3.10. The number of ether oxygens (including phenoxy) is 1. The Hall–Kier alpha value is -4.26. The molecule has 0 bridgehead atoms. The van der Waals surface area contributed by atoms with Crippen molar-refractivity contribution >= 4 is 23.1 Å². The minimum absolute atomic E-state index is 0.00801. The molecule has 1 atom stereocenters. The summed E-state index contributed by atoms with van der Waals surface area (Å²) >= 11 is 0. The number of rotatable bonds is 4. The summed E-state index contributed by atoms with van der Waals surface area (Å²) in [6.07, 6.45) is 0. The van der Waals surface area contributed by atoms with Crippen LogP contribution in [0.3, 0.4) is 0 Å². The van der Waals surface area contributed by atoms with Crippen molar-refractivity contribution < 1.29 is 29.6 Å². The quantitative estimate of drug-likeness (QED) is 0.261. The highest BCUT2D eigenvalue weighted by molar-refractivity contribution is 6.52. The zero-order valence-electron chi connectivity index (χ0n) is 20.9. The number of benzene rings is 3. The predicted octanol–water partition coefficient (Wildman–Crippen LogP) is 5.34. The number of Topliss-reactive ketones (excluding diaryl/α,β-unsaturated/α-hetero) is 1. The maximum absolute atomic E-state index is 13.5. The van der Waals surface area contributed by atoms with Crippen LogP contribution in [0.25, 0.3) is 5.76 Å². The van der Waals surface area contributed by atoms with Crippen molar-refractivity contribution in [3.63, 3.8) is 0 Å². The molecule has 7 heteroatoms. The lowest BCUT2D eigenvalue weighted by molar-refractivity contribution is -0.132. The number of anilines is 1. The first-order valence-electron chi connectivity index (χ1n) is 11.5. The number of ketones is 1. The molecule has 3 aromatic rings. The van der Waals surface area contributed by atoms with E-state index in [1.54, 1.807) is 43.3 Å². The fourth-order valence-corrected chi connectivity index (χ4v) is 4.38. The highest BCUT2D eigenvalue weighted by atomic mass is 16.5. The number of carbonyl (C=O) groups is 2. The molecule has 0 spiro atoms. The van der Waals surface area contributed by atoms with E-state index in [9.17, 15) is 24.9 Å². The molecule has 7 nitrogen and oxygen atoms in total. The normalized spacial score (nSPS) is 17.5. The number of hydrogen-bond acceptors (Lipinski definition) is 6. The van der Waals surface area contributed by atoms with E-state index < -0.39 is 17.7 Å². The number of hydrogen-bond donors (Lipinski definition) is 3. The lowest BCUT2D eigenvalue weighted by atomic mass is 9.85. The minimum atomic E-state index is -1.05. The maximum Gasteiger partial charge on any atom is 0.300 e. The van der Waals surface area contributed by atoms with Crippen LogP contribution in [-0.4, -0.2) is 34.1 Å². The van der Waals surface area contributed by atoms with E-state index in [2.05, 4.69) is 0 Å². The fourth-order valence-electron chi connectivity index (χ4n) is 4.38. The Morgan fingerprint density at radius 3 is 2.22 bits per heavy atom. The third-order valence-corrected chi connectivity index (χ3v) is 6.36. The SMILES string of the molecule is COc1ccc(C(C)(C)C)cc1/C(O)=C1\C(=O)C(=O)N(c2cc(C)ccc2O)C1c1ccc(O)cc1. The standard InChI is InChI=1S/C29H29NO6/c1-16-6-12-22(32)21(14-16)30-25(17-7-10-19(31)11-8-17)24(27(34)28(30)35)26(33)20-15-18(29(2,3)4)9-13-23(20)36-5/h6-15,25,31-33H,1-5H3/b26-24+. The summed E-state index contributed by atoms with van der Waals surface area (Å²) in [6, 6.07) is 15.1. The molecule has 0 saturated carbocycles. The second-order valence-corrected chi connectivity index (χ2v) is 9.92. The van der Waals surface area contributed by atoms with Crippen molar-refractivity contribution in [1.29, 1.82) is 0 Å². The van der Waals surface area contributed by atoms with Gasteiger partial charge in [-0.2, -0.15) is 0 Å². The van der Waals surface area contributed by atoms with Crippen LogP contribution in [0.4, 0.5) is 5.69 Å². The van der Waals surface area contributed by atoms with E-state index in [0.29, 0.717) is 11.3 Å². The zero-order chi connectivity index (χ0) is 26.4. The molecule has 3 aromatic carbocycles. The molecule has 186 valence electrons. The number of carbonyl (C=O) groups excluding carboxylic acids is 2. The Balaban J connectivity index is 2.02. The van der Waals surface area contributed by atoms with Crippen LogP contribution in [0, 0.1) is 6.92 Å². The summed E-state index contributed by atoms with van der Waals surface area (Å²) in [5.74, 6) is -2.00. The van der Waals surface area contributed by atoms with Crippen LogP contribution in [0.5, 0.6) is 17.2 Å². The van der Waals surface area contributed by atoms with Gasteiger partial charge in [-0.1, -0.05) is 45.0 Å². The molecule has 1 unspecified atom stereocenters. The van der Waals surface area contributed by atoms with Crippen LogP contribution in [-0.2, 0) is 15.0 Å². The number of nitrogens with zero attached hydrogens (tertiary/aromatic N) is 1. The summed E-state index contributed by atoms with van der Waals surface area (Å²) < 4.78 is 5.48. The molecule has 0 radical (unpaired) electrons. The number of amides is 1. The average molecular weight is 488 g/mol. The van der Waals surface area contributed by atoms with Crippen molar-refractivity contribution in [2.75, 3.05) is 12.0 Å². The highest BCUT2D eigenvalue weighted by Gasteiger charge is 2.48. The van der Waals surface area contributed by atoms with Gasteiger partial charge in [-0.15, -0.1) is 0 Å². The van der Waals surface area contributed by atoms with E-state index in [4.69, 9.17) is 4.74 Å². The summed E-state index contributed by atoms with van der Waals surface area (Å²) in [7, 11) is 1.46. The van der Waals surface area contributed by atoms with Crippen molar-refractivity contribution in [3.05, 3.63) is 88.5 Å². The van der Waals surface area contributed by atoms with Gasteiger partial charge in [-0.25, -0.2) is 0 Å². The first-order chi connectivity index (χ1) is 16.9. The summed E-state index contributed by atoms with van der Waals surface area (Å²) in [6.45, 7) is 7.87. The van der Waals surface area contributed by atoms with Gasteiger partial charge in [0.1, 0.15) is 23.0 Å². The summed E-state index contributed by atoms with van der Waals surface area (Å²) in [5, 5.41) is 32.0. The highest BCUT2D eigenvalue weighted by Crippen LogP contribution is 2.46. The summed E-state index contributed by atoms with van der Waals surface area (Å²) in [4.78, 5) is 28.0. The Bertz CT molecular complexity index is 1380. The van der Waals surface area contributed by atoms with Gasteiger partial charge in [0.15, 0.2) is 0 Å². The van der Waals surface area contributed by atoms with Crippen LogP contribution in [0.2, 0.25) is 0 Å². The number of aliphatic hydroxyl groups excluding tert-OH is 1. The van der Waals surface area contributed by atoms with Gasteiger partial charge in [-0.05, 0) is 65.4 Å². The second kappa shape index (κ2) is 9.07. The Morgan fingerprint density at radius 1 is 0.944 bits per heavy atom. The van der Waals surface area contributed by atoms with Crippen molar-refractivity contribution in [2.24, 2.45) is 0 Å². The van der Waals surface area contributed by atoms with Crippen LogP contribution >= 0.6 is 0 Å². The molecule has 1 aliphatic rings. The van der Waals surface area contributed by atoms with E-state index in [0.717, 1.165) is 11.1 Å². The number of aromatic hydroxyl groups is 2. The molecular weight excluding hydrogens is 458 g/mol. The number of methoxy groups -OCH3 is 1. The van der Waals surface area contributed by atoms with Gasteiger partial charge in [0, 0.05) is 0 Å². The van der Waals surface area contributed by atoms with Crippen LogP contribution < -0.4 is 9.64 Å². The van der Waals surface area contributed by atoms with Gasteiger partial charge < -0.3 is 20.1 Å². The molecule has 3 N–H and O–H groups in total. The molecule has 1 amide bonds. The Labute approximate surface area is 209 Å². The van der Waals surface area contributed by atoms with Crippen molar-refractivity contribution in [2.45, 2.75) is 39.2 Å². The second-order valence-electron chi connectivity index (χ2n) is 9.92. The van der Waals surface area contributed by atoms with Gasteiger partial charge in [0.2, 0.25) is 0 Å². The summed E-state index contributed by atoms with van der Waals surface area (Å²) in [5.41, 5.74) is 2.17. The number of phenols is 2. The molecule has 1 fully saturated rings. The molecule has 4 rings (SSSR count). The lowest BCUT2D eigenvalue weighted by Crippen LogP contribution is -2.29. The largest absolute Gasteiger partial charge is 0.508 e. The molecule has 1 heterocycles. The van der Waals surface area contributed by atoms with E-state index in [1.165, 1.54) is 30.2 Å². The zero-order valence-corrected chi connectivity index (χ0v) is 20.9. The number of phenolic OH excluding ortho intramolecular Hbond substituents is 2. The fraction of sp³-hybridized carbons (Fsp3) is 0.241. The maximum atomic E-state index is 13.5. The molecular formula is C29H29NO6. The first-order valence-corrected chi connectivity index (χ1v) is 11.5. The first kappa shape index (κ1) is 24.9. The lowest BCUT2D eigenvalue weighted by Gasteiger charge is -2.26. The smallest absolute Gasteiger partial charge is 0.300 e. The number of aliphatic hydroxyl groups is 1. The third-order valence-electron chi connectivity index (χ3n) is 6.36. The topological polar surface area (TPSA) is 107 Å². The Kier molecular flexibility index (Phi) is 6.26. The van der Waals surface area contributed by atoms with E-state index in [-0.39, 0.29) is 39.5 Å². The van der Waals surface area contributed by atoms with E-state index in [1.807, 2.05) is 26.8 Å². The molecule has 0 aromatic heterocycles.